The Morgan fingerprint density at radius 1 is 1.18 bits per heavy atom. The van der Waals surface area contributed by atoms with Gasteiger partial charge in [0.1, 0.15) is 5.75 Å². The van der Waals surface area contributed by atoms with Crippen LogP contribution in [-0.2, 0) is 0 Å². The van der Waals surface area contributed by atoms with Crippen LogP contribution in [-0.4, -0.2) is 17.8 Å². The lowest BCUT2D eigenvalue weighted by Crippen LogP contribution is -2.03. The molecule has 0 radical (unpaired) electrons. The van der Waals surface area contributed by atoms with Crippen molar-refractivity contribution in [2.45, 2.75) is 53.1 Å². The van der Waals surface area contributed by atoms with Gasteiger partial charge in [0.15, 0.2) is 0 Å². The Bertz CT molecular complexity index is 356. The largest absolute Gasteiger partial charge is 0.493 e. The van der Waals surface area contributed by atoms with Gasteiger partial charge >= 0.3 is 0 Å². The minimum Gasteiger partial charge on any atom is -0.493 e. The summed E-state index contributed by atoms with van der Waals surface area (Å²) in [5.41, 5.74) is 3.75. The first-order chi connectivity index (χ1) is 8.00. The number of unbranched alkanes of at least 4 members (excludes halogenated alkanes) is 1. The third kappa shape index (κ3) is 4.78. The molecule has 0 aliphatic heterocycles. The van der Waals surface area contributed by atoms with Gasteiger partial charge in [-0.1, -0.05) is 6.07 Å². The highest BCUT2D eigenvalue weighted by Crippen LogP contribution is 2.23. The first-order valence-corrected chi connectivity index (χ1v) is 6.39. The fourth-order valence-corrected chi connectivity index (χ4v) is 1.87. The van der Waals surface area contributed by atoms with Gasteiger partial charge in [-0.15, -0.1) is 0 Å². The predicted molar refractivity (Wildman–Crippen MR) is 71.7 cm³/mol. The number of rotatable bonds is 6. The van der Waals surface area contributed by atoms with Crippen LogP contribution in [0, 0.1) is 20.8 Å². The molecule has 0 saturated carbocycles. The first-order valence-electron chi connectivity index (χ1n) is 6.39. The summed E-state index contributed by atoms with van der Waals surface area (Å²) in [4.78, 5) is 0. The maximum absolute atomic E-state index is 9.14. The predicted octanol–water partition coefficient (Wildman–Crippen LogP) is 3.54. The SMILES string of the molecule is Cc1cc(C)c(C)c(OCCCCC(C)O)c1. The fraction of sp³-hybridized carbons (Fsp3) is 0.600. The van der Waals surface area contributed by atoms with Gasteiger partial charge in [0.05, 0.1) is 12.7 Å². The van der Waals surface area contributed by atoms with Crippen LogP contribution in [0.3, 0.4) is 0 Å². The van der Waals surface area contributed by atoms with E-state index < -0.39 is 0 Å². The lowest BCUT2D eigenvalue weighted by molar-refractivity contribution is 0.177. The zero-order valence-corrected chi connectivity index (χ0v) is 11.4. The summed E-state index contributed by atoms with van der Waals surface area (Å²) in [5.74, 6) is 1.000. The van der Waals surface area contributed by atoms with E-state index >= 15 is 0 Å². The highest BCUT2D eigenvalue weighted by Gasteiger charge is 2.04. The summed E-state index contributed by atoms with van der Waals surface area (Å²) < 4.78 is 5.80. The van der Waals surface area contributed by atoms with Crippen LogP contribution in [0.5, 0.6) is 5.75 Å². The molecule has 0 aromatic heterocycles. The van der Waals surface area contributed by atoms with E-state index in [2.05, 4.69) is 32.9 Å². The zero-order chi connectivity index (χ0) is 12.8. The first kappa shape index (κ1) is 14.0. The van der Waals surface area contributed by atoms with Crippen LogP contribution in [0.15, 0.2) is 12.1 Å². The molecule has 96 valence electrons. The Labute approximate surface area is 105 Å². The molecule has 2 heteroatoms. The van der Waals surface area contributed by atoms with Crippen LogP contribution >= 0.6 is 0 Å². The standard InChI is InChI=1S/C15H24O2/c1-11-9-12(2)14(4)15(10-11)17-8-6-5-7-13(3)16/h9-10,13,16H,5-8H2,1-4H3. The number of ether oxygens (including phenoxy) is 1. The molecule has 0 saturated heterocycles. The van der Waals surface area contributed by atoms with E-state index in [0.29, 0.717) is 0 Å². The molecule has 2 nitrogen and oxygen atoms in total. The van der Waals surface area contributed by atoms with E-state index in [-0.39, 0.29) is 6.10 Å². The highest BCUT2D eigenvalue weighted by atomic mass is 16.5. The lowest BCUT2D eigenvalue weighted by Gasteiger charge is -2.12. The molecule has 0 fully saturated rings. The van der Waals surface area contributed by atoms with Crippen LogP contribution in [0.1, 0.15) is 42.9 Å². The molecular weight excluding hydrogens is 212 g/mol. The smallest absolute Gasteiger partial charge is 0.122 e. The van der Waals surface area contributed by atoms with Crippen LogP contribution < -0.4 is 4.74 Å². The molecular formula is C15H24O2. The molecule has 0 aliphatic carbocycles. The van der Waals surface area contributed by atoms with E-state index in [1.807, 2.05) is 6.92 Å². The Kier molecular flexibility index (Phi) is 5.49. The average Bonchev–Trinajstić information content (AvgIpc) is 2.23. The molecule has 0 bridgehead atoms. The molecule has 1 aromatic carbocycles. The van der Waals surface area contributed by atoms with Crippen LogP contribution in [0.2, 0.25) is 0 Å². The molecule has 1 atom stereocenters. The Balaban J connectivity index is 2.41. The topological polar surface area (TPSA) is 29.5 Å². The minimum atomic E-state index is -0.196. The van der Waals surface area contributed by atoms with Gasteiger partial charge in [0.2, 0.25) is 0 Å². The number of aliphatic hydroxyl groups excluding tert-OH is 1. The number of hydrogen-bond donors (Lipinski definition) is 1. The van der Waals surface area contributed by atoms with Crippen LogP contribution in [0.4, 0.5) is 0 Å². The van der Waals surface area contributed by atoms with Gasteiger partial charge in [-0.05, 0) is 69.7 Å². The van der Waals surface area contributed by atoms with Gasteiger partial charge in [-0.2, -0.15) is 0 Å². The van der Waals surface area contributed by atoms with E-state index in [0.717, 1.165) is 31.6 Å². The van der Waals surface area contributed by atoms with Gasteiger partial charge < -0.3 is 9.84 Å². The van der Waals surface area contributed by atoms with E-state index in [1.165, 1.54) is 16.7 Å². The molecule has 1 unspecified atom stereocenters. The second kappa shape index (κ2) is 6.65. The third-order valence-electron chi connectivity index (χ3n) is 3.04. The molecule has 0 amide bonds. The second-order valence-corrected chi connectivity index (χ2v) is 4.90. The number of aliphatic hydroxyl groups is 1. The minimum absolute atomic E-state index is 0.196. The highest BCUT2D eigenvalue weighted by molar-refractivity contribution is 5.41. The number of benzene rings is 1. The second-order valence-electron chi connectivity index (χ2n) is 4.90. The summed E-state index contributed by atoms with van der Waals surface area (Å²) in [7, 11) is 0. The summed E-state index contributed by atoms with van der Waals surface area (Å²) in [6.07, 6.45) is 2.67. The molecule has 0 aliphatic rings. The van der Waals surface area contributed by atoms with E-state index in [9.17, 15) is 0 Å². The molecule has 1 rings (SSSR count). The molecule has 0 spiro atoms. The third-order valence-corrected chi connectivity index (χ3v) is 3.04. The molecule has 1 aromatic rings. The van der Waals surface area contributed by atoms with Gasteiger partial charge in [-0.3, -0.25) is 0 Å². The van der Waals surface area contributed by atoms with Gasteiger partial charge in [0.25, 0.3) is 0 Å². The normalized spacial score (nSPS) is 12.5. The van der Waals surface area contributed by atoms with Crippen molar-refractivity contribution in [3.63, 3.8) is 0 Å². The monoisotopic (exact) mass is 236 g/mol. The van der Waals surface area contributed by atoms with Crippen molar-refractivity contribution < 1.29 is 9.84 Å². The molecule has 1 N–H and O–H groups in total. The summed E-state index contributed by atoms with van der Waals surface area (Å²) in [6, 6.07) is 4.27. The Morgan fingerprint density at radius 3 is 2.53 bits per heavy atom. The molecule has 17 heavy (non-hydrogen) atoms. The summed E-state index contributed by atoms with van der Waals surface area (Å²) in [5, 5.41) is 9.14. The number of aryl methyl sites for hydroxylation is 2. The summed E-state index contributed by atoms with van der Waals surface area (Å²) in [6.45, 7) is 8.86. The average molecular weight is 236 g/mol. The Hall–Kier alpha value is -1.02. The maximum atomic E-state index is 9.14. The lowest BCUT2D eigenvalue weighted by atomic mass is 10.1. The molecule has 0 heterocycles. The van der Waals surface area contributed by atoms with Crippen molar-refractivity contribution in [1.29, 1.82) is 0 Å². The van der Waals surface area contributed by atoms with E-state index in [1.54, 1.807) is 0 Å². The Morgan fingerprint density at radius 2 is 1.88 bits per heavy atom. The van der Waals surface area contributed by atoms with Crippen molar-refractivity contribution in [2.75, 3.05) is 6.61 Å². The van der Waals surface area contributed by atoms with Gasteiger partial charge in [-0.25, -0.2) is 0 Å². The summed E-state index contributed by atoms with van der Waals surface area (Å²) >= 11 is 0. The maximum Gasteiger partial charge on any atom is 0.122 e. The van der Waals surface area contributed by atoms with Crippen LogP contribution in [0.25, 0.3) is 0 Å². The van der Waals surface area contributed by atoms with Crippen molar-refractivity contribution >= 4 is 0 Å². The van der Waals surface area contributed by atoms with Crippen molar-refractivity contribution in [2.24, 2.45) is 0 Å². The number of hydrogen-bond acceptors (Lipinski definition) is 2. The van der Waals surface area contributed by atoms with Crippen molar-refractivity contribution in [3.8, 4) is 5.75 Å². The van der Waals surface area contributed by atoms with Crippen molar-refractivity contribution in [3.05, 3.63) is 28.8 Å². The zero-order valence-electron chi connectivity index (χ0n) is 11.4. The quantitative estimate of drug-likeness (QED) is 0.765. The van der Waals surface area contributed by atoms with E-state index in [4.69, 9.17) is 9.84 Å². The van der Waals surface area contributed by atoms with Crippen molar-refractivity contribution in [1.82, 2.24) is 0 Å². The fourth-order valence-electron chi connectivity index (χ4n) is 1.87. The van der Waals surface area contributed by atoms with Gasteiger partial charge in [0, 0.05) is 0 Å².